The van der Waals surface area contributed by atoms with Crippen LogP contribution in [0.1, 0.15) is 105 Å². The van der Waals surface area contributed by atoms with Gasteiger partial charge >= 0.3 is 0 Å². The highest BCUT2D eigenvalue weighted by atomic mass is 16.7. The first-order chi connectivity index (χ1) is 35.6. The summed E-state index contributed by atoms with van der Waals surface area (Å²) in [4.78, 5) is 0. The van der Waals surface area contributed by atoms with Crippen LogP contribution in [0.25, 0.3) is 0 Å². The molecule has 0 spiro atoms. The lowest BCUT2D eigenvalue weighted by Crippen LogP contribution is -2.52. The molecule has 12 nitrogen and oxygen atoms in total. The van der Waals surface area contributed by atoms with E-state index in [0.717, 1.165) is 59.1 Å². The lowest BCUT2D eigenvalue weighted by Gasteiger charge is -2.41. The van der Waals surface area contributed by atoms with Crippen LogP contribution in [0.2, 0.25) is 0 Å². The van der Waals surface area contributed by atoms with Gasteiger partial charge in [-0.2, -0.15) is 25.8 Å². The smallest absolute Gasteiger partial charge is 0.184 e. The Morgan fingerprint density at radius 1 is 0.720 bits per heavy atom. The summed E-state index contributed by atoms with van der Waals surface area (Å²) in [5.74, 6) is 2.98. The van der Waals surface area contributed by atoms with Gasteiger partial charge in [0, 0.05) is 82.2 Å². The van der Waals surface area contributed by atoms with Crippen LogP contribution < -0.4 is 0 Å². The zero-order chi connectivity index (χ0) is 57.7. The van der Waals surface area contributed by atoms with Gasteiger partial charge < -0.3 is 53.6 Å². The first-order valence-electron chi connectivity index (χ1n) is 23.9. The summed E-state index contributed by atoms with van der Waals surface area (Å²) in [7, 11) is 41.9. The summed E-state index contributed by atoms with van der Waals surface area (Å²) < 4.78 is 37.9. The van der Waals surface area contributed by atoms with Gasteiger partial charge in [0.2, 0.25) is 0 Å². The molecular formula is C43H91B20NO11-6. The fourth-order valence-corrected chi connectivity index (χ4v) is 6.90. The van der Waals surface area contributed by atoms with Gasteiger partial charge in [0.15, 0.2) is 6.29 Å². The van der Waals surface area contributed by atoms with E-state index in [-0.39, 0.29) is 25.2 Å². The lowest BCUT2D eigenvalue weighted by molar-refractivity contribution is -0.298. The molecule has 0 saturated carbocycles. The molecule has 6 heterocycles. The highest BCUT2D eigenvalue weighted by Gasteiger charge is 2.40. The molecule has 7 rings (SSSR count). The van der Waals surface area contributed by atoms with Crippen molar-refractivity contribution in [3.8, 4) is 6.07 Å². The molecule has 5 saturated heterocycles. The van der Waals surface area contributed by atoms with Gasteiger partial charge in [-0.15, -0.1) is 15.5 Å². The Kier molecular flexibility index (Phi) is 53.6. The molecule has 0 aromatic heterocycles. The SMILES string of the molecule is C1CCOC1.CC#N.CCC1OC=CC(C)C1C.CCC1OCCC(C)C1C.OC1CCOC2COC(c3ccccc3)OC12.OCC1OCCC(O)C1O.[BH3-][B]B([BH3-])[BH3-].[B]B([BH3-])[B][BH3-].[B]B([B])[B][BH3-].[B][B]B([B])[B]. The van der Waals surface area contributed by atoms with Crippen LogP contribution in [0.15, 0.2) is 42.7 Å². The summed E-state index contributed by atoms with van der Waals surface area (Å²) in [6.07, 6.45) is 9.97. The summed E-state index contributed by atoms with van der Waals surface area (Å²) in [5.41, 5.74) is 0.976. The van der Waals surface area contributed by atoms with Gasteiger partial charge in [0.05, 0.1) is 43.9 Å². The van der Waals surface area contributed by atoms with E-state index >= 15 is 0 Å². The maximum absolute atomic E-state index is 9.91. The van der Waals surface area contributed by atoms with Crippen molar-refractivity contribution in [1.29, 1.82) is 5.26 Å². The number of allylic oxidation sites excluding steroid dienone is 1. The number of benzene rings is 1. The van der Waals surface area contributed by atoms with Gasteiger partial charge in [-0.25, -0.2) is 7.06 Å². The first kappa shape index (κ1) is 78.4. The van der Waals surface area contributed by atoms with Crippen molar-refractivity contribution in [1.82, 2.24) is 0 Å². The molecule has 4 N–H and O–H groups in total. The molecule has 0 aliphatic carbocycles. The zero-order valence-corrected chi connectivity index (χ0v) is 42.6. The highest BCUT2D eigenvalue weighted by molar-refractivity contribution is 7.62. The van der Waals surface area contributed by atoms with Crippen LogP contribution in [0.5, 0.6) is 0 Å². The van der Waals surface area contributed by atoms with Crippen molar-refractivity contribution in [3.63, 3.8) is 0 Å². The van der Waals surface area contributed by atoms with Gasteiger partial charge in [0.1, 0.15) is 30.5 Å². The molecule has 0 bridgehead atoms. The first-order valence-corrected chi connectivity index (χ1v) is 23.9. The fourth-order valence-electron chi connectivity index (χ4n) is 6.90. The molecule has 6 aliphatic heterocycles. The zero-order valence-electron chi connectivity index (χ0n) is 42.6. The molecule has 6 aliphatic rings. The predicted molar refractivity (Wildman–Crippen MR) is 351 cm³/mol. The Hall–Kier alpha value is -0.851. The van der Waals surface area contributed by atoms with E-state index in [0.29, 0.717) is 94.0 Å². The minimum Gasteiger partial charge on any atom is -0.498 e. The standard InChI is InChI=1S/C13H16O4.C9H18O.C9H16O.C6H12O4.C4H8O.C2H3N.B5H9.B5H6.B5H3.B5/c14-10-6-7-15-11-8-16-13(17-12(10)11)9-4-2-1-3-5-9;2*1-4-9-8(3)7(2)5-6-10-9;7-3-5-6(9)4(8)1-2-10-5;1-2-4-5-3-1;1-2-3;4*1-4-5(2)3/h1-5,10-14H,6-8H2;7-9H,4-6H2,1-3H3;5-9H,4H2,1-3H3;4-9H,1-3H2;1-4H2;1H3;1-3H3;1-2H3;1H3;/q;;;;;;-3;-2;-1;. The van der Waals surface area contributed by atoms with Crippen LogP contribution in [0, 0.1) is 35.0 Å². The van der Waals surface area contributed by atoms with Crippen LogP contribution in [-0.4, -0.2) is 262 Å². The topological polar surface area (TPSA) is 169 Å². The number of aliphatic hydroxyl groups excluding tert-OH is 4. The molecule has 75 heavy (non-hydrogen) atoms. The fraction of sp³-hybridized carbons (Fsp3) is 0.791. The van der Waals surface area contributed by atoms with Gasteiger partial charge in [-0.1, -0.05) is 103 Å². The molecule has 1 aromatic rings. The average molecular weight is 1010 g/mol. The number of hydrogen-bond donors (Lipinski definition) is 4. The number of fused-ring (bicyclic) bond motifs is 1. The van der Waals surface area contributed by atoms with Gasteiger partial charge in [-0.3, -0.25) is 6.39 Å². The Morgan fingerprint density at radius 2 is 1.21 bits per heavy atom. The molecule has 5 fully saturated rings. The summed E-state index contributed by atoms with van der Waals surface area (Å²) in [5, 5.41) is 44.0. The third kappa shape index (κ3) is 40.9. The van der Waals surface area contributed by atoms with E-state index in [2.05, 4.69) is 61.7 Å². The quantitative estimate of drug-likeness (QED) is 0.182. The highest BCUT2D eigenvalue weighted by Crippen LogP contribution is 2.32. The van der Waals surface area contributed by atoms with Crippen molar-refractivity contribution in [2.24, 2.45) is 23.7 Å². The monoisotopic (exact) mass is 1020 g/mol. The van der Waals surface area contributed by atoms with E-state index in [1.165, 1.54) is 46.1 Å². The average Bonchev–Trinajstić information content (AvgIpc) is 4.02. The normalized spacial score (nSPS) is 28.3. The Morgan fingerprint density at radius 3 is 1.61 bits per heavy atom. The van der Waals surface area contributed by atoms with E-state index in [9.17, 15) is 5.11 Å². The number of nitriles is 1. The number of rotatable bonds is 8. The lowest BCUT2D eigenvalue weighted by atomic mass is 8.97. The summed E-state index contributed by atoms with van der Waals surface area (Å²) >= 11 is 0. The Labute approximate surface area is 475 Å². The predicted octanol–water partition coefficient (Wildman–Crippen LogP) is -6.33. The second kappa shape index (κ2) is 51.3. The molecule has 0 amide bonds. The minimum absolute atomic E-state index is 0.130. The third-order valence-electron chi connectivity index (χ3n) is 11.3. The Balaban J connectivity index is -0.000000804. The van der Waals surface area contributed by atoms with Crippen molar-refractivity contribution in [3.05, 3.63) is 48.2 Å². The molecule has 32 heteroatoms. The van der Waals surface area contributed by atoms with Gasteiger partial charge in [-0.05, 0) is 104 Å². The van der Waals surface area contributed by atoms with Crippen molar-refractivity contribution in [2.45, 2.75) is 149 Å². The van der Waals surface area contributed by atoms with Gasteiger partial charge in [0.25, 0.3) is 0 Å². The summed E-state index contributed by atoms with van der Waals surface area (Å²) in [6, 6.07) is 11.5. The molecule has 13 atom stereocenters. The summed E-state index contributed by atoms with van der Waals surface area (Å²) in [6.45, 7) is 19.1. The number of ether oxygens (including phenoxy) is 7. The van der Waals surface area contributed by atoms with Crippen molar-refractivity contribution >= 4 is 147 Å². The van der Waals surface area contributed by atoms with Crippen molar-refractivity contribution in [2.75, 3.05) is 46.2 Å². The second-order valence-electron chi connectivity index (χ2n) is 16.5. The molecule has 13 unspecified atom stereocenters. The van der Waals surface area contributed by atoms with Crippen LogP contribution >= 0.6 is 0 Å². The molecular weight excluding hydrogens is 923 g/mol. The van der Waals surface area contributed by atoms with Crippen LogP contribution in [0.3, 0.4) is 0 Å². The largest absolute Gasteiger partial charge is 0.498 e. The van der Waals surface area contributed by atoms with E-state index in [1.54, 1.807) is 6.07 Å². The molecule has 16 radical (unpaired) electrons. The maximum atomic E-state index is 9.91. The van der Waals surface area contributed by atoms with Crippen molar-refractivity contribution < 1.29 is 53.6 Å². The van der Waals surface area contributed by atoms with E-state index < -0.39 is 37.1 Å². The number of aliphatic hydroxyl groups is 4. The number of hydrogen-bond acceptors (Lipinski definition) is 12. The molecule has 1 aromatic carbocycles. The Bertz CT molecular complexity index is 1410. The second-order valence-corrected chi connectivity index (χ2v) is 16.5. The van der Waals surface area contributed by atoms with E-state index in [1.807, 2.05) is 43.7 Å². The van der Waals surface area contributed by atoms with Crippen LogP contribution in [-0.2, 0) is 33.2 Å². The maximum Gasteiger partial charge on any atom is 0.184 e. The van der Waals surface area contributed by atoms with Crippen LogP contribution in [0.4, 0.5) is 0 Å². The molecule has 400 valence electrons. The minimum atomic E-state index is -0.932. The number of nitrogens with zero attached hydrogens (tertiary/aromatic N) is 1. The van der Waals surface area contributed by atoms with E-state index in [4.69, 9.17) is 100 Å². The third-order valence-corrected chi connectivity index (χ3v) is 11.3.